The molecule has 2 N–H and O–H groups in total. The molecule has 1 rings (SSSR count). The van der Waals surface area contributed by atoms with Gasteiger partial charge in [0.25, 0.3) is 0 Å². The van der Waals surface area contributed by atoms with Crippen molar-refractivity contribution in [1.82, 2.24) is 10.6 Å². The van der Waals surface area contributed by atoms with Gasteiger partial charge in [-0.2, -0.15) is 0 Å². The van der Waals surface area contributed by atoms with Crippen molar-refractivity contribution in [2.75, 3.05) is 13.1 Å². The minimum Gasteiger partial charge on any atom is -0.355 e. The zero-order chi connectivity index (χ0) is 12.0. The van der Waals surface area contributed by atoms with E-state index < -0.39 is 0 Å². The summed E-state index contributed by atoms with van der Waals surface area (Å²) in [6.07, 6.45) is 0. The van der Waals surface area contributed by atoms with Gasteiger partial charge in [0.2, 0.25) is 5.91 Å². The molecule has 1 amide bonds. The highest BCUT2D eigenvalue weighted by Crippen LogP contribution is 2.14. The smallest absolute Gasteiger partial charge is 0.233 e. The second-order valence-corrected chi connectivity index (χ2v) is 3.73. The van der Waals surface area contributed by atoms with Gasteiger partial charge in [-0.25, -0.2) is 4.39 Å². The van der Waals surface area contributed by atoms with Crippen LogP contribution in [0.4, 0.5) is 4.39 Å². The van der Waals surface area contributed by atoms with Gasteiger partial charge in [0.15, 0.2) is 0 Å². The Balaban J connectivity index is 2.42. The summed E-state index contributed by atoms with van der Waals surface area (Å²) in [6.45, 7) is 2.88. The molecule has 0 spiro atoms. The average molecular weight is 245 g/mol. The third-order valence-corrected chi connectivity index (χ3v) is 2.22. The lowest BCUT2D eigenvalue weighted by Gasteiger charge is -2.06. The Labute approximate surface area is 99.0 Å². The van der Waals surface area contributed by atoms with Gasteiger partial charge in [0.1, 0.15) is 5.82 Å². The number of hydrogen-bond acceptors (Lipinski definition) is 2. The molecule has 16 heavy (non-hydrogen) atoms. The number of carbonyl (C=O) groups excluding carboxylic acids is 1. The van der Waals surface area contributed by atoms with Gasteiger partial charge in [-0.05, 0) is 25.1 Å². The Kier molecular flexibility index (Phi) is 5.22. The highest BCUT2D eigenvalue weighted by Gasteiger charge is 2.04. The molecule has 5 heteroatoms. The van der Waals surface area contributed by atoms with Gasteiger partial charge in [0, 0.05) is 23.7 Å². The van der Waals surface area contributed by atoms with Crippen LogP contribution in [-0.4, -0.2) is 19.0 Å². The predicted molar refractivity (Wildman–Crippen MR) is 61.8 cm³/mol. The molecule has 0 unspecified atom stereocenters. The van der Waals surface area contributed by atoms with Crippen LogP contribution in [0.15, 0.2) is 18.2 Å². The molecule has 0 bridgehead atoms. The van der Waals surface area contributed by atoms with Crippen LogP contribution in [0.3, 0.4) is 0 Å². The van der Waals surface area contributed by atoms with Crippen molar-refractivity contribution in [2.24, 2.45) is 0 Å². The maximum absolute atomic E-state index is 13.2. The summed E-state index contributed by atoms with van der Waals surface area (Å²) in [6, 6.07) is 4.34. The predicted octanol–water partition coefficient (Wildman–Crippen LogP) is 1.70. The lowest BCUT2D eigenvalue weighted by atomic mass is 10.2. The molecular weight excluding hydrogens is 231 g/mol. The summed E-state index contributed by atoms with van der Waals surface area (Å²) in [5.74, 6) is -0.433. The van der Waals surface area contributed by atoms with Gasteiger partial charge in [-0.1, -0.05) is 11.6 Å². The molecule has 0 fully saturated rings. The fraction of sp³-hybridized carbons (Fsp3) is 0.364. The van der Waals surface area contributed by atoms with E-state index in [1.165, 1.54) is 12.1 Å². The summed E-state index contributed by atoms with van der Waals surface area (Å²) in [4.78, 5) is 11.1. The molecule has 0 saturated carbocycles. The van der Waals surface area contributed by atoms with Gasteiger partial charge in [-0.15, -0.1) is 0 Å². The number of amides is 1. The van der Waals surface area contributed by atoms with Crippen LogP contribution >= 0.6 is 11.6 Å². The highest BCUT2D eigenvalue weighted by atomic mass is 35.5. The fourth-order valence-corrected chi connectivity index (χ4v) is 1.44. The maximum Gasteiger partial charge on any atom is 0.233 e. The Bertz CT molecular complexity index is 371. The summed E-state index contributed by atoms with van der Waals surface area (Å²) < 4.78 is 13.2. The van der Waals surface area contributed by atoms with Crippen LogP contribution in [-0.2, 0) is 11.3 Å². The van der Waals surface area contributed by atoms with E-state index in [0.29, 0.717) is 17.1 Å². The molecule has 0 aliphatic heterocycles. The quantitative estimate of drug-likeness (QED) is 0.828. The van der Waals surface area contributed by atoms with E-state index in [1.54, 1.807) is 6.07 Å². The number of likely N-dealkylation sites (N-methyl/N-ethyl adjacent to an activating group) is 1. The van der Waals surface area contributed by atoms with Crippen LogP contribution in [0.1, 0.15) is 12.5 Å². The lowest BCUT2D eigenvalue weighted by molar-refractivity contribution is -0.120. The summed E-state index contributed by atoms with van der Waals surface area (Å²) >= 11 is 5.73. The van der Waals surface area contributed by atoms with Crippen LogP contribution in [0, 0.1) is 5.82 Å². The van der Waals surface area contributed by atoms with E-state index >= 15 is 0 Å². The number of carbonyl (C=O) groups is 1. The van der Waals surface area contributed by atoms with Crippen molar-refractivity contribution in [1.29, 1.82) is 0 Å². The van der Waals surface area contributed by atoms with Crippen molar-refractivity contribution in [3.8, 4) is 0 Å². The second kappa shape index (κ2) is 6.45. The molecule has 3 nitrogen and oxygen atoms in total. The molecule has 0 radical (unpaired) electrons. The van der Waals surface area contributed by atoms with Gasteiger partial charge in [0.05, 0.1) is 6.54 Å². The molecule has 88 valence electrons. The first-order valence-corrected chi connectivity index (χ1v) is 5.42. The minimum absolute atomic E-state index is 0.107. The molecule has 1 aromatic rings. The average Bonchev–Trinajstić information content (AvgIpc) is 2.23. The van der Waals surface area contributed by atoms with Crippen molar-refractivity contribution in [2.45, 2.75) is 13.5 Å². The molecule has 0 aromatic heterocycles. The Morgan fingerprint density at radius 2 is 2.25 bits per heavy atom. The van der Waals surface area contributed by atoms with E-state index in [2.05, 4.69) is 10.6 Å². The zero-order valence-corrected chi connectivity index (χ0v) is 9.77. The summed E-state index contributed by atoms with van der Waals surface area (Å²) in [5, 5.41) is 5.96. The van der Waals surface area contributed by atoms with Crippen molar-refractivity contribution in [3.63, 3.8) is 0 Å². The van der Waals surface area contributed by atoms with Crippen LogP contribution in [0.25, 0.3) is 0 Å². The van der Waals surface area contributed by atoms with E-state index in [4.69, 9.17) is 11.6 Å². The monoisotopic (exact) mass is 244 g/mol. The standard InChI is InChI=1S/C11H14ClFN2O/c1-2-15-11(16)7-14-6-8-5-9(12)3-4-10(8)13/h3-5,14H,2,6-7H2,1H3,(H,15,16). The lowest BCUT2D eigenvalue weighted by Crippen LogP contribution is -2.33. The van der Waals surface area contributed by atoms with Gasteiger partial charge >= 0.3 is 0 Å². The molecule has 0 heterocycles. The Morgan fingerprint density at radius 3 is 2.94 bits per heavy atom. The normalized spacial score (nSPS) is 10.2. The highest BCUT2D eigenvalue weighted by molar-refractivity contribution is 6.30. The number of halogens is 2. The van der Waals surface area contributed by atoms with Crippen molar-refractivity contribution < 1.29 is 9.18 Å². The first-order valence-electron chi connectivity index (χ1n) is 5.04. The Morgan fingerprint density at radius 1 is 1.50 bits per heavy atom. The van der Waals surface area contributed by atoms with Crippen LogP contribution in [0.2, 0.25) is 5.02 Å². The van der Waals surface area contributed by atoms with Gasteiger partial charge in [-0.3, -0.25) is 4.79 Å². The van der Waals surface area contributed by atoms with Crippen molar-refractivity contribution in [3.05, 3.63) is 34.6 Å². The maximum atomic E-state index is 13.2. The molecule has 0 aliphatic rings. The largest absolute Gasteiger partial charge is 0.355 e. The SMILES string of the molecule is CCNC(=O)CNCc1cc(Cl)ccc1F. The molecule has 0 atom stereocenters. The Hall–Kier alpha value is -1.13. The number of nitrogens with one attached hydrogen (secondary N) is 2. The molecule has 0 aliphatic carbocycles. The first-order chi connectivity index (χ1) is 7.63. The van der Waals surface area contributed by atoms with Crippen molar-refractivity contribution >= 4 is 17.5 Å². The van der Waals surface area contributed by atoms with E-state index in [0.717, 1.165) is 0 Å². The van der Waals surface area contributed by atoms with E-state index in [9.17, 15) is 9.18 Å². The van der Waals surface area contributed by atoms with Crippen LogP contribution < -0.4 is 10.6 Å². The van der Waals surface area contributed by atoms with Crippen LogP contribution in [0.5, 0.6) is 0 Å². The fourth-order valence-electron chi connectivity index (χ4n) is 1.25. The first kappa shape index (κ1) is 12.9. The zero-order valence-electron chi connectivity index (χ0n) is 9.02. The minimum atomic E-state index is -0.326. The van der Waals surface area contributed by atoms with E-state index in [-0.39, 0.29) is 24.8 Å². The number of hydrogen-bond donors (Lipinski definition) is 2. The topological polar surface area (TPSA) is 41.1 Å². The molecule has 1 aromatic carbocycles. The second-order valence-electron chi connectivity index (χ2n) is 3.29. The number of rotatable bonds is 5. The van der Waals surface area contributed by atoms with E-state index in [1.807, 2.05) is 6.92 Å². The van der Waals surface area contributed by atoms with Gasteiger partial charge < -0.3 is 10.6 Å². The molecule has 0 saturated heterocycles. The number of benzene rings is 1. The summed E-state index contributed by atoms with van der Waals surface area (Å²) in [7, 11) is 0. The summed E-state index contributed by atoms with van der Waals surface area (Å²) in [5.41, 5.74) is 0.455. The molecular formula is C11H14ClFN2O. The third-order valence-electron chi connectivity index (χ3n) is 1.98. The third kappa shape index (κ3) is 4.16.